The lowest BCUT2D eigenvalue weighted by Gasteiger charge is -2.38. The van der Waals surface area contributed by atoms with Crippen molar-refractivity contribution in [3.05, 3.63) is 0 Å². The quantitative estimate of drug-likeness (QED) is 0.798. The summed E-state index contributed by atoms with van der Waals surface area (Å²) in [7, 11) is -3.58. The van der Waals surface area contributed by atoms with Crippen LogP contribution in [0.5, 0.6) is 0 Å². The van der Waals surface area contributed by atoms with Crippen molar-refractivity contribution < 1.29 is 13.2 Å². The van der Waals surface area contributed by atoms with Gasteiger partial charge >= 0.3 is 0 Å². The van der Waals surface area contributed by atoms with Gasteiger partial charge in [-0.3, -0.25) is 4.79 Å². The van der Waals surface area contributed by atoms with Gasteiger partial charge in [0.25, 0.3) is 10.2 Å². The molecule has 7 heteroatoms. The number of likely N-dealkylation sites (N-methyl/N-ethyl adjacent to an activating group) is 1. The lowest BCUT2D eigenvalue weighted by atomic mass is 9.82. The van der Waals surface area contributed by atoms with Crippen LogP contribution in [0.4, 0.5) is 0 Å². The van der Waals surface area contributed by atoms with Gasteiger partial charge in [0.15, 0.2) is 0 Å². The van der Waals surface area contributed by atoms with E-state index in [9.17, 15) is 13.2 Å². The fraction of sp³-hybridized carbons (Fsp3) is 0.929. The normalized spacial score (nSPS) is 23.7. The molecule has 0 aromatic heterocycles. The second-order valence-electron chi connectivity index (χ2n) is 6.07. The summed E-state index contributed by atoms with van der Waals surface area (Å²) in [5.41, 5.74) is -0.954. The van der Waals surface area contributed by atoms with Gasteiger partial charge in [0.05, 0.1) is 0 Å². The number of nitrogens with one attached hydrogen (secondary N) is 2. The van der Waals surface area contributed by atoms with E-state index in [1.807, 2.05) is 6.92 Å². The number of carbonyl (C=O) groups is 1. The molecule has 6 nitrogen and oxygen atoms in total. The van der Waals surface area contributed by atoms with Crippen molar-refractivity contribution in [2.24, 2.45) is 0 Å². The number of carbonyl (C=O) groups excluding carboxylic acids is 1. The van der Waals surface area contributed by atoms with Crippen LogP contribution in [0.2, 0.25) is 0 Å². The molecule has 0 spiro atoms. The minimum atomic E-state index is -3.58. The van der Waals surface area contributed by atoms with Crippen LogP contribution >= 0.6 is 0 Å². The monoisotopic (exact) mass is 317 g/mol. The van der Waals surface area contributed by atoms with Crippen LogP contribution in [0.15, 0.2) is 0 Å². The van der Waals surface area contributed by atoms with Crippen LogP contribution in [0.3, 0.4) is 0 Å². The highest BCUT2D eigenvalue weighted by Gasteiger charge is 2.43. The maximum atomic E-state index is 12.6. The number of rotatable bonds is 5. The topological polar surface area (TPSA) is 78.5 Å². The van der Waals surface area contributed by atoms with Gasteiger partial charge in [-0.25, -0.2) is 0 Å². The van der Waals surface area contributed by atoms with E-state index in [1.54, 1.807) is 0 Å². The zero-order valence-corrected chi connectivity index (χ0v) is 13.7. The van der Waals surface area contributed by atoms with Crippen molar-refractivity contribution in [3.8, 4) is 0 Å². The zero-order valence-electron chi connectivity index (χ0n) is 12.9. The van der Waals surface area contributed by atoms with E-state index >= 15 is 0 Å². The van der Waals surface area contributed by atoms with Crippen molar-refractivity contribution in [2.75, 3.05) is 19.6 Å². The molecule has 2 N–H and O–H groups in total. The van der Waals surface area contributed by atoms with Gasteiger partial charge < -0.3 is 5.32 Å². The van der Waals surface area contributed by atoms with E-state index in [0.717, 1.165) is 38.5 Å². The Hall–Kier alpha value is -0.660. The predicted octanol–water partition coefficient (Wildman–Crippen LogP) is 1.15. The fourth-order valence-electron chi connectivity index (χ4n) is 3.28. The Morgan fingerprint density at radius 2 is 1.62 bits per heavy atom. The summed E-state index contributed by atoms with van der Waals surface area (Å²) in [4.78, 5) is 12.4. The summed E-state index contributed by atoms with van der Waals surface area (Å²) in [5, 5.41) is 2.80. The van der Waals surface area contributed by atoms with E-state index in [2.05, 4.69) is 10.0 Å². The van der Waals surface area contributed by atoms with Gasteiger partial charge in [0, 0.05) is 19.6 Å². The number of piperidine rings is 1. The van der Waals surface area contributed by atoms with E-state index in [1.165, 1.54) is 4.31 Å². The van der Waals surface area contributed by atoms with Gasteiger partial charge in [-0.15, -0.1) is 0 Å². The molecule has 1 aliphatic heterocycles. The highest BCUT2D eigenvalue weighted by atomic mass is 32.2. The predicted molar refractivity (Wildman–Crippen MR) is 82.0 cm³/mol. The second kappa shape index (κ2) is 7.07. The van der Waals surface area contributed by atoms with Crippen molar-refractivity contribution in [1.29, 1.82) is 0 Å². The van der Waals surface area contributed by atoms with Gasteiger partial charge in [0.1, 0.15) is 5.54 Å². The van der Waals surface area contributed by atoms with E-state index in [0.29, 0.717) is 32.5 Å². The number of nitrogens with zero attached hydrogens (tertiary/aromatic N) is 1. The first-order valence-corrected chi connectivity index (χ1v) is 9.51. The Balaban J connectivity index is 2.15. The summed E-state index contributed by atoms with van der Waals surface area (Å²) < 4.78 is 29.4. The standard InChI is InChI=1S/C14H27N3O3S/c1-2-15-13(18)14(9-5-3-6-10-14)16-21(19,20)17-11-7-4-8-12-17/h16H,2-12H2,1H3,(H,15,18). The molecule has 2 rings (SSSR count). The van der Waals surface area contributed by atoms with Gasteiger partial charge in [0.2, 0.25) is 5.91 Å². The fourth-order valence-corrected chi connectivity index (χ4v) is 4.94. The van der Waals surface area contributed by atoms with Crippen LogP contribution < -0.4 is 10.0 Å². The molecule has 0 atom stereocenters. The van der Waals surface area contributed by atoms with Crippen molar-refractivity contribution in [2.45, 2.75) is 63.8 Å². The average molecular weight is 317 g/mol. The summed E-state index contributed by atoms with van der Waals surface area (Å²) in [6.07, 6.45) is 6.89. The molecule has 21 heavy (non-hydrogen) atoms. The summed E-state index contributed by atoms with van der Waals surface area (Å²) in [6, 6.07) is 0. The van der Waals surface area contributed by atoms with Crippen LogP contribution in [-0.4, -0.2) is 43.8 Å². The molecular formula is C14H27N3O3S. The Kier molecular flexibility index (Phi) is 5.62. The third-order valence-electron chi connectivity index (χ3n) is 4.46. The van der Waals surface area contributed by atoms with Crippen LogP contribution in [-0.2, 0) is 15.0 Å². The molecule has 1 heterocycles. The first-order chi connectivity index (χ1) is 10.0. The smallest absolute Gasteiger partial charge is 0.280 e. The minimum Gasteiger partial charge on any atom is -0.355 e. The molecule has 1 saturated carbocycles. The number of amides is 1. The third-order valence-corrected chi connectivity index (χ3v) is 6.15. The molecule has 2 fully saturated rings. The van der Waals surface area contributed by atoms with Crippen molar-refractivity contribution in [3.63, 3.8) is 0 Å². The number of hydrogen-bond acceptors (Lipinski definition) is 3. The molecular weight excluding hydrogens is 290 g/mol. The van der Waals surface area contributed by atoms with Crippen LogP contribution in [0.1, 0.15) is 58.3 Å². The SMILES string of the molecule is CCNC(=O)C1(NS(=O)(=O)N2CCCCC2)CCCCC1. The van der Waals surface area contributed by atoms with Gasteiger partial charge in [-0.1, -0.05) is 25.7 Å². The Bertz CT molecular complexity index is 452. The molecule has 122 valence electrons. The van der Waals surface area contributed by atoms with Gasteiger partial charge in [-0.2, -0.15) is 17.4 Å². The highest BCUT2D eigenvalue weighted by molar-refractivity contribution is 7.87. The molecule has 1 aliphatic carbocycles. The van der Waals surface area contributed by atoms with Crippen LogP contribution in [0.25, 0.3) is 0 Å². The molecule has 0 bridgehead atoms. The lowest BCUT2D eigenvalue weighted by Crippen LogP contribution is -2.62. The maximum Gasteiger partial charge on any atom is 0.280 e. The van der Waals surface area contributed by atoms with E-state index in [4.69, 9.17) is 0 Å². The first-order valence-electron chi connectivity index (χ1n) is 8.07. The number of hydrogen-bond donors (Lipinski definition) is 2. The largest absolute Gasteiger partial charge is 0.355 e. The second-order valence-corrected chi connectivity index (χ2v) is 7.74. The summed E-state index contributed by atoms with van der Waals surface area (Å²) in [5.74, 6) is -0.176. The molecule has 0 radical (unpaired) electrons. The molecule has 0 aromatic rings. The molecule has 1 saturated heterocycles. The average Bonchev–Trinajstić information content (AvgIpc) is 2.49. The van der Waals surface area contributed by atoms with Crippen molar-refractivity contribution >= 4 is 16.1 Å². The Labute approximate surface area is 127 Å². The third kappa shape index (κ3) is 3.96. The van der Waals surface area contributed by atoms with Crippen molar-refractivity contribution in [1.82, 2.24) is 14.3 Å². The molecule has 2 aliphatic rings. The first kappa shape index (κ1) is 16.7. The zero-order chi connectivity index (χ0) is 15.3. The summed E-state index contributed by atoms with van der Waals surface area (Å²) >= 11 is 0. The summed E-state index contributed by atoms with van der Waals surface area (Å²) in [6.45, 7) is 3.49. The lowest BCUT2D eigenvalue weighted by molar-refractivity contribution is -0.128. The van der Waals surface area contributed by atoms with Crippen LogP contribution in [0, 0.1) is 0 Å². The molecule has 0 aromatic carbocycles. The molecule has 0 unspecified atom stereocenters. The Morgan fingerprint density at radius 3 is 2.19 bits per heavy atom. The molecule has 1 amide bonds. The van der Waals surface area contributed by atoms with Gasteiger partial charge in [-0.05, 0) is 32.6 Å². The maximum absolute atomic E-state index is 12.6. The van der Waals surface area contributed by atoms with E-state index < -0.39 is 15.7 Å². The highest BCUT2D eigenvalue weighted by Crippen LogP contribution is 2.30. The Morgan fingerprint density at radius 1 is 1.05 bits per heavy atom. The minimum absolute atomic E-state index is 0.176. The van der Waals surface area contributed by atoms with E-state index in [-0.39, 0.29) is 5.91 Å².